The zero-order chi connectivity index (χ0) is 17.2. The highest BCUT2D eigenvalue weighted by Crippen LogP contribution is 2.27. The van der Waals surface area contributed by atoms with Crippen LogP contribution >= 0.6 is 12.4 Å². The zero-order valence-electron chi connectivity index (χ0n) is 13.6. The molecule has 2 aromatic heterocycles. The summed E-state index contributed by atoms with van der Waals surface area (Å²) in [5.74, 6) is -1.61. The van der Waals surface area contributed by atoms with E-state index < -0.39 is 17.2 Å². The second-order valence-corrected chi connectivity index (χ2v) is 5.38. The summed E-state index contributed by atoms with van der Waals surface area (Å²) in [6.07, 6.45) is 1.28. The topological polar surface area (TPSA) is 148 Å². The highest BCUT2D eigenvalue weighted by molar-refractivity contribution is 5.85. The van der Waals surface area contributed by atoms with Crippen LogP contribution in [0, 0.1) is 5.92 Å². The average Bonchev–Trinajstić information content (AvgIpc) is 2.87. The number of carboxylic acid groups (broad SMARTS) is 1. The first-order valence-corrected chi connectivity index (χ1v) is 7.05. The van der Waals surface area contributed by atoms with E-state index in [2.05, 4.69) is 20.3 Å². The SMILES string of the molecule is COCCN[C@](C(=O)O)(C(C)C)n1cnc2c(=O)[nH]c(N)nc21.Cl. The summed E-state index contributed by atoms with van der Waals surface area (Å²) < 4.78 is 6.30. The van der Waals surface area contributed by atoms with Gasteiger partial charge in [-0.1, -0.05) is 13.8 Å². The van der Waals surface area contributed by atoms with E-state index in [0.717, 1.165) is 0 Å². The maximum atomic E-state index is 12.1. The van der Waals surface area contributed by atoms with Crippen LogP contribution in [0.25, 0.3) is 11.2 Å². The van der Waals surface area contributed by atoms with Crippen molar-refractivity contribution in [3.63, 3.8) is 0 Å². The normalized spacial score (nSPS) is 13.7. The van der Waals surface area contributed by atoms with Crippen molar-refractivity contribution in [3.05, 3.63) is 16.7 Å². The van der Waals surface area contributed by atoms with Crippen molar-refractivity contribution in [2.45, 2.75) is 19.5 Å². The van der Waals surface area contributed by atoms with Crippen LogP contribution in [-0.2, 0) is 15.2 Å². The third-order valence-corrected chi connectivity index (χ3v) is 3.67. The number of aliphatic carboxylic acids is 1. The molecule has 0 fully saturated rings. The van der Waals surface area contributed by atoms with Crippen LogP contribution in [0.1, 0.15) is 13.8 Å². The lowest BCUT2D eigenvalue weighted by Crippen LogP contribution is -2.58. The van der Waals surface area contributed by atoms with Crippen LogP contribution in [0.4, 0.5) is 5.95 Å². The maximum absolute atomic E-state index is 12.1. The van der Waals surface area contributed by atoms with Gasteiger partial charge in [-0.05, 0) is 0 Å². The van der Waals surface area contributed by atoms with Crippen molar-refractivity contribution in [2.24, 2.45) is 5.92 Å². The number of nitrogen functional groups attached to an aromatic ring is 1. The predicted molar refractivity (Wildman–Crippen MR) is 90.1 cm³/mol. The number of aromatic amines is 1. The van der Waals surface area contributed by atoms with Gasteiger partial charge >= 0.3 is 5.97 Å². The molecule has 0 unspecified atom stereocenters. The molecule has 24 heavy (non-hydrogen) atoms. The number of hydrogen-bond donors (Lipinski definition) is 4. The molecule has 0 aliphatic carbocycles. The van der Waals surface area contributed by atoms with Crippen molar-refractivity contribution in [3.8, 4) is 0 Å². The fraction of sp³-hybridized carbons (Fsp3) is 0.538. The molecule has 134 valence electrons. The molecule has 5 N–H and O–H groups in total. The number of nitrogens with one attached hydrogen (secondary N) is 2. The fourth-order valence-electron chi connectivity index (χ4n) is 2.52. The van der Waals surface area contributed by atoms with E-state index in [9.17, 15) is 14.7 Å². The van der Waals surface area contributed by atoms with E-state index in [4.69, 9.17) is 10.5 Å². The van der Waals surface area contributed by atoms with Crippen molar-refractivity contribution in [2.75, 3.05) is 26.0 Å². The van der Waals surface area contributed by atoms with Crippen LogP contribution < -0.4 is 16.6 Å². The van der Waals surface area contributed by atoms with Gasteiger partial charge in [-0.3, -0.25) is 19.7 Å². The number of carbonyl (C=O) groups is 1. The van der Waals surface area contributed by atoms with Crippen molar-refractivity contribution in [1.82, 2.24) is 24.8 Å². The lowest BCUT2D eigenvalue weighted by Gasteiger charge is -2.35. The highest BCUT2D eigenvalue weighted by Gasteiger charge is 2.44. The Morgan fingerprint density at radius 1 is 1.58 bits per heavy atom. The van der Waals surface area contributed by atoms with Gasteiger partial charge < -0.3 is 15.6 Å². The average molecular weight is 361 g/mol. The number of imidazole rings is 1. The Morgan fingerprint density at radius 3 is 2.79 bits per heavy atom. The minimum absolute atomic E-state index is 0. The fourth-order valence-corrected chi connectivity index (χ4v) is 2.52. The summed E-state index contributed by atoms with van der Waals surface area (Å²) in [6, 6.07) is 0. The Kier molecular flexibility index (Phi) is 6.29. The third kappa shape index (κ3) is 3.21. The molecular weight excluding hydrogens is 340 g/mol. The highest BCUT2D eigenvalue weighted by atomic mass is 35.5. The number of ether oxygens (including phenoxy) is 1. The van der Waals surface area contributed by atoms with E-state index in [-0.39, 0.29) is 35.4 Å². The summed E-state index contributed by atoms with van der Waals surface area (Å²) in [5.41, 5.74) is 3.64. The predicted octanol–water partition coefficient (Wildman–Crippen LogP) is -0.247. The first kappa shape index (κ1) is 19.9. The van der Waals surface area contributed by atoms with Crippen molar-refractivity contribution in [1.29, 1.82) is 0 Å². The van der Waals surface area contributed by atoms with E-state index in [0.29, 0.717) is 13.2 Å². The summed E-state index contributed by atoms with van der Waals surface area (Å²) >= 11 is 0. The molecular formula is C13H21ClN6O4. The third-order valence-electron chi connectivity index (χ3n) is 3.67. The van der Waals surface area contributed by atoms with Gasteiger partial charge in [0.1, 0.15) is 0 Å². The molecule has 0 bridgehead atoms. The number of anilines is 1. The van der Waals surface area contributed by atoms with E-state index >= 15 is 0 Å². The van der Waals surface area contributed by atoms with Gasteiger partial charge in [-0.15, -0.1) is 12.4 Å². The maximum Gasteiger partial charge on any atom is 0.345 e. The van der Waals surface area contributed by atoms with E-state index in [1.807, 2.05) is 0 Å². The molecule has 0 radical (unpaired) electrons. The molecule has 0 aliphatic heterocycles. The number of carboxylic acids is 1. The number of rotatable bonds is 7. The Labute approximate surface area is 143 Å². The van der Waals surface area contributed by atoms with Gasteiger partial charge in [0.05, 0.1) is 12.9 Å². The quantitative estimate of drug-likeness (QED) is 0.494. The molecule has 10 nitrogen and oxygen atoms in total. The van der Waals surface area contributed by atoms with Gasteiger partial charge in [0.25, 0.3) is 5.56 Å². The minimum atomic E-state index is -1.54. The van der Waals surface area contributed by atoms with E-state index in [1.165, 1.54) is 18.0 Å². The second-order valence-electron chi connectivity index (χ2n) is 5.38. The molecule has 2 aromatic rings. The molecule has 0 aliphatic rings. The molecule has 1 atom stereocenters. The van der Waals surface area contributed by atoms with Crippen molar-refractivity contribution < 1.29 is 14.6 Å². The second kappa shape index (κ2) is 7.60. The van der Waals surface area contributed by atoms with Gasteiger partial charge in [0.2, 0.25) is 5.95 Å². The molecule has 0 saturated carbocycles. The monoisotopic (exact) mass is 360 g/mol. The minimum Gasteiger partial charge on any atom is -0.478 e. The smallest absolute Gasteiger partial charge is 0.345 e. The number of aromatic nitrogens is 4. The number of methoxy groups -OCH3 is 1. The lowest BCUT2D eigenvalue weighted by molar-refractivity contribution is -0.152. The zero-order valence-corrected chi connectivity index (χ0v) is 14.4. The summed E-state index contributed by atoms with van der Waals surface area (Å²) in [4.78, 5) is 34.3. The lowest BCUT2D eigenvalue weighted by atomic mass is 9.95. The molecule has 11 heteroatoms. The number of nitrogens with two attached hydrogens (primary N) is 1. The Morgan fingerprint density at radius 2 is 2.25 bits per heavy atom. The number of halogens is 1. The summed E-state index contributed by atoms with van der Waals surface area (Å²) in [5, 5.41) is 12.8. The Balaban J connectivity index is 0.00000288. The van der Waals surface area contributed by atoms with Crippen LogP contribution in [0.5, 0.6) is 0 Å². The number of H-pyrrole nitrogens is 1. The van der Waals surface area contributed by atoms with Gasteiger partial charge in [0, 0.05) is 19.6 Å². The number of hydrogen-bond acceptors (Lipinski definition) is 7. The molecule has 2 heterocycles. The Hall–Kier alpha value is -2.17. The van der Waals surface area contributed by atoms with Crippen LogP contribution in [0.15, 0.2) is 11.1 Å². The standard InChI is InChI=1S/C13H20N6O4.ClH/c1-7(2)13(11(21)22,16-4-5-23-3)19-6-15-8-9(19)17-12(14)18-10(8)20;/h6-7,16H,4-5H2,1-3H3,(H,21,22)(H3,14,17,18,20);1H/t13-;/m1./s1. The number of nitrogens with zero attached hydrogens (tertiary/aromatic N) is 3. The first-order valence-electron chi connectivity index (χ1n) is 7.05. The van der Waals surface area contributed by atoms with Crippen LogP contribution in [-0.4, -0.2) is 50.9 Å². The molecule has 2 rings (SSSR count). The van der Waals surface area contributed by atoms with Gasteiger partial charge in [-0.2, -0.15) is 4.98 Å². The first-order chi connectivity index (χ1) is 10.8. The van der Waals surface area contributed by atoms with Crippen LogP contribution in [0.2, 0.25) is 0 Å². The molecule has 0 amide bonds. The molecule has 0 spiro atoms. The van der Waals surface area contributed by atoms with E-state index in [1.54, 1.807) is 13.8 Å². The Bertz CT molecular complexity index is 773. The summed E-state index contributed by atoms with van der Waals surface area (Å²) in [7, 11) is 1.52. The largest absolute Gasteiger partial charge is 0.478 e. The van der Waals surface area contributed by atoms with Crippen LogP contribution in [0.3, 0.4) is 0 Å². The van der Waals surface area contributed by atoms with Gasteiger partial charge in [-0.25, -0.2) is 9.78 Å². The molecule has 0 aromatic carbocycles. The molecule has 0 saturated heterocycles. The van der Waals surface area contributed by atoms with Gasteiger partial charge in [0.15, 0.2) is 16.8 Å². The van der Waals surface area contributed by atoms with Crippen molar-refractivity contribution >= 4 is 35.5 Å². The number of fused-ring (bicyclic) bond motifs is 1. The summed E-state index contributed by atoms with van der Waals surface area (Å²) in [6.45, 7) is 4.11.